The van der Waals surface area contributed by atoms with Crippen LogP contribution in [0.4, 0.5) is 4.39 Å². The number of hydrogen-bond donors (Lipinski definition) is 0. The van der Waals surface area contributed by atoms with E-state index in [9.17, 15) is 14.0 Å². The zero-order valence-electron chi connectivity index (χ0n) is 27.5. The fourth-order valence-corrected chi connectivity index (χ4v) is 7.76. The minimum atomic E-state index is -0.771. The summed E-state index contributed by atoms with van der Waals surface area (Å²) in [6, 6.07) is 3.74. The predicted octanol–water partition coefficient (Wildman–Crippen LogP) is 10.2. The molecule has 3 aliphatic rings. The average molecular weight is 613 g/mol. The van der Waals surface area contributed by atoms with Gasteiger partial charge in [0.1, 0.15) is 11.9 Å². The number of unbranched alkanes of at least 4 members (excludes halogenated alkanes) is 2. The van der Waals surface area contributed by atoms with Crippen molar-refractivity contribution in [3.63, 3.8) is 0 Å². The van der Waals surface area contributed by atoms with Crippen LogP contribution < -0.4 is 0 Å². The molecule has 1 aromatic rings. The molecular weight excluding hydrogens is 555 g/mol. The molecule has 3 fully saturated rings. The zero-order valence-corrected chi connectivity index (χ0v) is 27.5. The summed E-state index contributed by atoms with van der Waals surface area (Å²) in [5.74, 6) is 1.23. The number of carbonyl (C=O) groups excluding carboxylic acids is 2. The molecule has 3 saturated carbocycles. The second-order valence-electron chi connectivity index (χ2n) is 13.9. The standard InChI is InChI=1S/C38H57FO5/c1-4-6-25-42-33-20-13-29(14-21-33)10-8-7-9-28-11-15-30(16-12-28)31-17-22-34(23-18-31)44-38(41)35-24-19-32(26-36(35)39)37(40)43-27(3)5-2/h19,24,26,28-31,33-34H,3-18,20-23,25H2,1-2H3. The quantitative estimate of drug-likeness (QED) is 0.112. The molecule has 3 aliphatic carbocycles. The van der Waals surface area contributed by atoms with E-state index in [4.69, 9.17) is 14.2 Å². The van der Waals surface area contributed by atoms with Gasteiger partial charge in [0.25, 0.3) is 0 Å². The summed E-state index contributed by atoms with van der Waals surface area (Å²) in [6.45, 7) is 8.62. The number of benzene rings is 1. The van der Waals surface area contributed by atoms with Gasteiger partial charge < -0.3 is 14.2 Å². The van der Waals surface area contributed by atoms with Crippen molar-refractivity contribution in [1.29, 1.82) is 0 Å². The minimum absolute atomic E-state index is 0.0466. The van der Waals surface area contributed by atoms with Gasteiger partial charge in [-0.3, -0.25) is 0 Å². The van der Waals surface area contributed by atoms with Gasteiger partial charge in [-0.05, 0) is 119 Å². The first-order valence-electron chi connectivity index (χ1n) is 17.9. The number of hydrogen-bond acceptors (Lipinski definition) is 5. The minimum Gasteiger partial charge on any atom is -0.583 e. The first-order chi connectivity index (χ1) is 21.4. The van der Waals surface area contributed by atoms with Gasteiger partial charge in [0.15, 0.2) is 0 Å². The Morgan fingerprint density at radius 3 is 1.93 bits per heavy atom. The molecule has 44 heavy (non-hydrogen) atoms. The number of rotatable bonds is 15. The summed E-state index contributed by atoms with van der Waals surface area (Å²) in [5.41, 5.74) is -0.0959. The van der Waals surface area contributed by atoms with Crippen LogP contribution in [0.15, 0.2) is 18.2 Å². The van der Waals surface area contributed by atoms with Gasteiger partial charge in [-0.15, -0.1) is 6.42 Å². The summed E-state index contributed by atoms with van der Waals surface area (Å²) in [4.78, 5) is 24.8. The van der Waals surface area contributed by atoms with E-state index >= 15 is 0 Å². The van der Waals surface area contributed by atoms with Gasteiger partial charge in [0.05, 0.1) is 17.2 Å². The Kier molecular flexibility index (Phi) is 14.4. The van der Waals surface area contributed by atoms with E-state index in [2.05, 4.69) is 13.8 Å². The summed E-state index contributed by atoms with van der Waals surface area (Å²) in [6.07, 6.45) is 23.7. The SMILES string of the molecule is [CH2+][C-](CC)OC(=O)c1ccc(C(=O)OC2CCC(C3CCC(CCCCC4CCC(OCCCC)CC4)CC3)CC2)c(F)c1. The van der Waals surface area contributed by atoms with Crippen molar-refractivity contribution in [3.8, 4) is 0 Å². The van der Waals surface area contributed by atoms with Gasteiger partial charge in [-0.25, -0.2) is 14.0 Å². The van der Waals surface area contributed by atoms with Crippen LogP contribution in [0.1, 0.15) is 157 Å². The van der Waals surface area contributed by atoms with Crippen LogP contribution in [0.5, 0.6) is 0 Å². The van der Waals surface area contributed by atoms with Crippen LogP contribution in [0, 0.1) is 42.5 Å². The average Bonchev–Trinajstić information content (AvgIpc) is 3.04. The van der Waals surface area contributed by atoms with E-state index in [0.29, 0.717) is 24.5 Å². The van der Waals surface area contributed by atoms with Crippen molar-refractivity contribution in [2.75, 3.05) is 6.61 Å². The molecule has 0 bridgehead atoms. The van der Waals surface area contributed by atoms with Crippen LogP contribution in [0.2, 0.25) is 0 Å². The monoisotopic (exact) mass is 612 g/mol. The van der Waals surface area contributed by atoms with Crippen molar-refractivity contribution < 1.29 is 28.2 Å². The lowest BCUT2D eigenvalue weighted by atomic mass is 9.70. The molecule has 1 aromatic carbocycles. The summed E-state index contributed by atoms with van der Waals surface area (Å²) < 4.78 is 31.5. The summed E-state index contributed by atoms with van der Waals surface area (Å²) in [7, 11) is 0. The normalized spacial score (nSPS) is 27.6. The molecule has 0 aromatic heterocycles. The van der Waals surface area contributed by atoms with Crippen LogP contribution in [0.25, 0.3) is 0 Å². The fraction of sp³-hybridized carbons (Fsp3) is 0.737. The van der Waals surface area contributed by atoms with E-state index in [0.717, 1.165) is 56.1 Å². The maximum absolute atomic E-state index is 14.7. The fourth-order valence-electron chi connectivity index (χ4n) is 7.76. The van der Waals surface area contributed by atoms with Gasteiger partial charge in [0.2, 0.25) is 0 Å². The number of esters is 2. The Morgan fingerprint density at radius 2 is 1.36 bits per heavy atom. The van der Waals surface area contributed by atoms with Gasteiger partial charge in [-0.1, -0.05) is 58.8 Å². The highest BCUT2D eigenvalue weighted by atomic mass is 19.1. The maximum Gasteiger partial charge on any atom is 0.341 e. The lowest BCUT2D eigenvalue weighted by Gasteiger charge is -2.37. The largest absolute Gasteiger partial charge is 0.583 e. The van der Waals surface area contributed by atoms with Crippen molar-refractivity contribution in [2.45, 2.75) is 148 Å². The van der Waals surface area contributed by atoms with E-state index < -0.39 is 17.8 Å². The Hall–Kier alpha value is -2.08. The second kappa shape index (κ2) is 18.2. The molecule has 0 aliphatic heterocycles. The highest BCUT2D eigenvalue weighted by molar-refractivity contribution is 5.94. The van der Waals surface area contributed by atoms with Crippen molar-refractivity contribution in [2.24, 2.45) is 23.7 Å². The van der Waals surface area contributed by atoms with E-state index in [1.54, 1.807) is 0 Å². The van der Waals surface area contributed by atoms with Crippen LogP contribution in [0.3, 0.4) is 0 Å². The predicted molar refractivity (Wildman–Crippen MR) is 172 cm³/mol. The Balaban J connectivity index is 1.07. The second-order valence-corrected chi connectivity index (χ2v) is 13.9. The van der Waals surface area contributed by atoms with E-state index in [1.807, 2.05) is 6.92 Å². The van der Waals surface area contributed by atoms with Crippen molar-refractivity contribution in [3.05, 3.63) is 48.2 Å². The molecule has 246 valence electrons. The lowest BCUT2D eigenvalue weighted by molar-refractivity contribution is 0.0103. The van der Waals surface area contributed by atoms with Crippen LogP contribution in [-0.2, 0) is 14.2 Å². The van der Waals surface area contributed by atoms with Gasteiger partial charge in [-0.2, -0.15) is 0 Å². The number of carbonyl (C=O) groups is 2. The molecule has 6 heteroatoms. The van der Waals surface area contributed by atoms with Gasteiger partial charge in [0, 0.05) is 12.7 Å². The molecule has 0 N–H and O–H groups in total. The van der Waals surface area contributed by atoms with Crippen LogP contribution >= 0.6 is 0 Å². The molecule has 0 spiro atoms. The highest BCUT2D eigenvalue weighted by Crippen LogP contribution is 2.42. The van der Waals surface area contributed by atoms with E-state index in [1.165, 1.54) is 102 Å². The van der Waals surface area contributed by atoms with E-state index in [-0.39, 0.29) is 17.2 Å². The van der Waals surface area contributed by atoms with Crippen LogP contribution in [-0.4, -0.2) is 30.8 Å². The molecule has 0 amide bonds. The van der Waals surface area contributed by atoms with Gasteiger partial charge >= 0.3 is 11.9 Å². The smallest absolute Gasteiger partial charge is 0.341 e. The third-order valence-corrected chi connectivity index (χ3v) is 10.7. The third kappa shape index (κ3) is 10.8. The first-order valence-corrected chi connectivity index (χ1v) is 17.9. The maximum atomic E-state index is 14.7. The number of ether oxygens (including phenoxy) is 3. The molecule has 0 heterocycles. The molecule has 0 unspecified atom stereocenters. The Bertz CT molecular complexity index is 1000. The third-order valence-electron chi connectivity index (χ3n) is 10.7. The molecule has 0 atom stereocenters. The molecule has 5 nitrogen and oxygen atoms in total. The molecule has 0 radical (unpaired) electrons. The van der Waals surface area contributed by atoms with Crippen molar-refractivity contribution in [1.82, 2.24) is 0 Å². The molecular formula is C38H57FO5. The summed E-state index contributed by atoms with van der Waals surface area (Å²) >= 11 is 0. The lowest BCUT2D eigenvalue weighted by Crippen LogP contribution is -2.30. The highest BCUT2D eigenvalue weighted by Gasteiger charge is 2.32. The Labute approximate surface area is 266 Å². The Morgan fingerprint density at radius 1 is 0.795 bits per heavy atom. The topological polar surface area (TPSA) is 61.8 Å². The first kappa shape index (κ1) is 34.8. The molecule has 4 rings (SSSR count). The molecule has 0 saturated heterocycles. The van der Waals surface area contributed by atoms with Crippen molar-refractivity contribution >= 4 is 11.9 Å². The number of halogens is 1. The summed E-state index contributed by atoms with van der Waals surface area (Å²) in [5, 5.41) is 0. The zero-order chi connectivity index (χ0) is 31.3.